The van der Waals surface area contributed by atoms with E-state index in [1.54, 1.807) is 0 Å². The number of rotatable bonds is 7. The maximum atomic E-state index is 12.5. The molecular formula is C27H36N2O. The Morgan fingerprint density at radius 3 is 2.53 bits per heavy atom. The van der Waals surface area contributed by atoms with Crippen LogP contribution in [0.5, 0.6) is 0 Å². The molecule has 1 aromatic carbocycles. The van der Waals surface area contributed by atoms with E-state index in [0.29, 0.717) is 6.54 Å². The summed E-state index contributed by atoms with van der Waals surface area (Å²) >= 11 is 0. The minimum Gasteiger partial charge on any atom is -0.354 e. The first-order valence-electron chi connectivity index (χ1n) is 11.2. The highest BCUT2D eigenvalue weighted by Gasteiger charge is 2.37. The Morgan fingerprint density at radius 1 is 1.17 bits per heavy atom. The number of carbonyl (C=O) groups is 1. The van der Waals surface area contributed by atoms with E-state index in [0.717, 1.165) is 38.0 Å². The first kappa shape index (κ1) is 22.3. The summed E-state index contributed by atoms with van der Waals surface area (Å²) in [6, 6.07) is 8.24. The highest BCUT2D eigenvalue weighted by Crippen LogP contribution is 2.45. The van der Waals surface area contributed by atoms with E-state index in [1.807, 2.05) is 13.8 Å². The smallest absolute Gasteiger partial charge is 0.227 e. The number of hydrogen-bond acceptors (Lipinski definition) is 2. The molecule has 1 amide bonds. The average molecular weight is 405 g/mol. The standard InChI is InChI=1S/C27H36N2O/c1-5-6-7-8-25-13-14-27(23(25)4)15-18-29(19-16-27)20-17-28-26(30)22(3)24-11-9-21(2)10-12-24/h5-14,22H,15-20H2,1-4H3,(H,28,30)/b6-5-,8-7-. The van der Waals surface area contributed by atoms with Gasteiger partial charge in [-0.2, -0.15) is 0 Å². The monoisotopic (exact) mass is 404 g/mol. The van der Waals surface area contributed by atoms with Crippen LogP contribution < -0.4 is 5.32 Å². The third-order valence-corrected chi connectivity index (χ3v) is 6.79. The Hall–Kier alpha value is -2.39. The first-order chi connectivity index (χ1) is 14.4. The van der Waals surface area contributed by atoms with Gasteiger partial charge in [-0.05, 0) is 64.8 Å². The fraction of sp³-hybridized carbons (Fsp3) is 0.444. The summed E-state index contributed by atoms with van der Waals surface area (Å²) in [5.41, 5.74) is 5.39. The second kappa shape index (κ2) is 10.1. The zero-order chi connectivity index (χ0) is 21.6. The van der Waals surface area contributed by atoms with Gasteiger partial charge >= 0.3 is 0 Å². The second-order valence-corrected chi connectivity index (χ2v) is 8.72. The number of amides is 1. The third-order valence-electron chi connectivity index (χ3n) is 6.79. The predicted molar refractivity (Wildman–Crippen MR) is 127 cm³/mol. The summed E-state index contributed by atoms with van der Waals surface area (Å²) in [5, 5.41) is 3.13. The lowest BCUT2D eigenvalue weighted by Gasteiger charge is -2.39. The molecular weight excluding hydrogens is 368 g/mol. The van der Waals surface area contributed by atoms with Crippen molar-refractivity contribution < 1.29 is 4.79 Å². The van der Waals surface area contributed by atoms with E-state index in [2.05, 4.69) is 84.8 Å². The maximum absolute atomic E-state index is 12.5. The van der Waals surface area contributed by atoms with Crippen LogP contribution >= 0.6 is 0 Å². The molecule has 2 aliphatic rings. The predicted octanol–water partition coefficient (Wildman–Crippen LogP) is 5.32. The van der Waals surface area contributed by atoms with Gasteiger partial charge in [-0.3, -0.25) is 4.79 Å². The fourth-order valence-corrected chi connectivity index (χ4v) is 4.45. The number of benzene rings is 1. The van der Waals surface area contributed by atoms with E-state index < -0.39 is 0 Å². The molecule has 1 aliphatic heterocycles. The van der Waals surface area contributed by atoms with Gasteiger partial charge in [-0.25, -0.2) is 0 Å². The minimum atomic E-state index is -0.110. The van der Waals surface area contributed by atoms with Crippen LogP contribution in [0, 0.1) is 12.3 Å². The number of carbonyl (C=O) groups excluding carboxylic acids is 1. The summed E-state index contributed by atoms with van der Waals surface area (Å²) in [6.45, 7) is 12.2. The van der Waals surface area contributed by atoms with Gasteiger partial charge in [-0.1, -0.05) is 71.9 Å². The molecule has 1 aliphatic carbocycles. The number of piperidine rings is 1. The number of aryl methyl sites for hydroxylation is 1. The Bertz CT molecular complexity index is 849. The van der Waals surface area contributed by atoms with E-state index in [1.165, 1.54) is 16.7 Å². The Morgan fingerprint density at radius 2 is 1.87 bits per heavy atom. The topological polar surface area (TPSA) is 32.3 Å². The lowest BCUT2D eigenvalue weighted by atomic mass is 9.74. The van der Waals surface area contributed by atoms with Crippen molar-refractivity contribution in [3.8, 4) is 0 Å². The largest absolute Gasteiger partial charge is 0.354 e. The molecule has 1 fully saturated rings. The number of allylic oxidation sites excluding steroid dienone is 8. The molecule has 1 saturated heterocycles. The zero-order valence-corrected chi connectivity index (χ0v) is 18.9. The van der Waals surface area contributed by atoms with Crippen molar-refractivity contribution in [3.05, 3.63) is 83.0 Å². The van der Waals surface area contributed by atoms with Crippen molar-refractivity contribution in [3.63, 3.8) is 0 Å². The van der Waals surface area contributed by atoms with Gasteiger partial charge in [0.25, 0.3) is 0 Å². The number of nitrogens with zero attached hydrogens (tertiary/aromatic N) is 1. The van der Waals surface area contributed by atoms with Crippen molar-refractivity contribution in [1.29, 1.82) is 0 Å². The molecule has 1 spiro atoms. The lowest BCUT2D eigenvalue weighted by molar-refractivity contribution is -0.122. The van der Waals surface area contributed by atoms with Crippen molar-refractivity contribution in [2.24, 2.45) is 5.41 Å². The van der Waals surface area contributed by atoms with Crippen molar-refractivity contribution in [1.82, 2.24) is 10.2 Å². The quantitative estimate of drug-likeness (QED) is 0.624. The first-order valence-corrected chi connectivity index (χ1v) is 11.2. The van der Waals surface area contributed by atoms with Gasteiger partial charge in [0.2, 0.25) is 5.91 Å². The Labute approximate surface area is 182 Å². The molecule has 1 heterocycles. The number of likely N-dealkylation sites (tertiary alicyclic amines) is 1. The summed E-state index contributed by atoms with van der Waals surface area (Å²) in [6.07, 6.45) is 15.5. The van der Waals surface area contributed by atoms with Gasteiger partial charge in [0.15, 0.2) is 0 Å². The van der Waals surface area contributed by atoms with Crippen LogP contribution in [0.25, 0.3) is 0 Å². The summed E-state index contributed by atoms with van der Waals surface area (Å²) in [4.78, 5) is 15.0. The van der Waals surface area contributed by atoms with Crippen molar-refractivity contribution >= 4 is 5.91 Å². The molecule has 30 heavy (non-hydrogen) atoms. The lowest BCUT2D eigenvalue weighted by Crippen LogP contribution is -2.43. The average Bonchev–Trinajstić information content (AvgIpc) is 3.05. The van der Waals surface area contributed by atoms with Crippen LogP contribution in [0.1, 0.15) is 50.7 Å². The van der Waals surface area contributed by atoms with Crippen LogP contribution in [0.2, 0.25) is 0 Å². The molecule has 0 bridgehead atoms. The maximum Gasteiger partial charge on any atom is 0.227 e. The van der Waals surface area contributed by atoms with Gasteiger partial charge < -0.3 is 10.2 Å². The molecule has 1 atom stereocenters. The molecule has 3 heteroatoms. The zero-order valence-electron chi connectivity index (χ0n) is 18.9. The van der Waals surface area contributed by atoms with Gasteiger partial charge in [0, 0.05) is 18.5 Å². The summed E-state index contributed by atoms with van der Waals surface area (Å²) < 4.78 is 0. The highest BCUT2D eigenvalue weighted by molar-refractivity contribution is 5.83. The Kier molecular flexibility index (Phi) is 7.49. The summed E-state index contributed by atoms with van der Waals surface area (Å²) in [5.74, 6) is 0.00283. The minimum absolute atomic E-state index is 0.110. The number of nitrogens with one attached hydrogen (secondary N) is 1. The van der Waals surface area contributed by atoms with Gasteiger partial charge in [0.05, 0.1) is 5.92 Å². The molecule has 0 radical (unpaired) electrons. The molecule has 3 nitrogen and oxygen atoms in total. The SMILES string of the molecule is C/C=C\C=C/C1=C(C)C2(C=C1)CCN(CCNC(=O)C(C)c1ccc(C)cc1)CC2. The fourth-order valence-electron chi connectivity index (χ4n) is 4.45. The van der Waals surface area contributed by atoms with Crippen molar-refractivity contribution in [2.45, 2.75) is 46.5 Å². The van der Waals surface area contributed by atoms with E-state index >= 15 is 0 Å². The molecule has 160 valence electrons. The van der Waals surface area contributed by atoms with E-state index in [4.69, 9.17) is 0 Å². The molecule has 0 saturated carbocycles. The molecule has 1 aromatic rings. The van der Waals surface area contributed by atoms with Crippen LogP contribution in [-0.4, -0.2) is 37.0 Å². The van der Waals surface area contributed by atoms with Crippen LogP contribution in [-0.2, 0) is 4.79 Å². The molecule has 0 aromatic heterocycles. The van der Waals surface area contributed by atoms with Gasteiger partial charge in [0.1, 0.15) is 0 Å². The Balaban J connectivity index is 1.45. The van der Waals surface area contributed by atoms with E-state index in [9.17, 15) is 4.79 Å². The van der Waals surface area contributed by atoms with Crippen molar-refractivity contribution in [2.75, 3.05) is 26.2 Å². The van der Waals surface area contributed by atoms with E-state index in [-0.39, 0.29) is 17.2 Å². The highest BCUT2D eigenvalue weighted by atomic mass is 16.1. The van der Waals surface area contributed by atoms with Crippen LogP contribution in [0.15, 0.2) is 71.9 Å². The third kappa shape index (κ3) is 5.20. The van der Waals surface area contributed by atoms with Crippen LogP contribution in [0.3, 0.4) is 0 Å². The molecule has 3 rings (SSSR count). The number of hydrogen-bond donors (Lipinski definition) is 1. The molecule has 1 unspecified atom stereocenters. The second-order valence-electron chi connectivity index (χ2n) is 8.72. The van der Waals surface area contributed by atoms with Gasteiger partial charge in [-0.15, -0.1) is 0 Å². The normalized spacial score (nSPS) is 20.0. The van der Waals surface area contributed by atoms with Crippen LogP contribution in [0.4, 0.5) is 0 Å². The molecule has 1 N–H and O–H groups in total. The summed E-state index contributed by atoms with van der Waals surface area (Å²) in [7, 11) is 0.